The molecule has 0 amide bonds. The summed E-state index contributed by atoms with van der Waals surface area (Å²) in [5.74, 6) is -3.89. The summed E-state index contributed by atoms with van der Waals surface area (Å²) in [6.45, 7) is 0. The number of thiophene rings is 1. The summed E-state index contributed by atoms with van der Waals surface area (Å²) in [4.78, 5) is 8.53. The Morgan fingerprint density at radius 2 is 1.85 bits per heavy atom. The molecule has 0 aliphatic rings. The number of hydrogen-bond acceptors (Lipinski definition) is 4. The van der Waals surface area contributed by atoms with Crippen LogP contribution in [0.2, 0.25) is 5.28 Å². The number of anilines is 2. The van der Waals surface area contributed by atoms with Crippen molar-refractivity contribution in [3.05, 3.63) is 46.3 Å². The summed E-state index contributed by atoms with van der Waals surface area (Å²) in [5.41, 5.74) is -0.230. The van der Waals surface area contributed by atoms with E-state index in [1.54, 1.807) is 11.4 Å². The molecule has 2 aromatic heterocycles. The number of hydrogen-bond donors (Lipinski definition) is 1. The molecule has 0 bridgehead atoms. The topological polar surface area (TPSA) is 37.8 Å². The minimum absolute atomic E-state index is 0.0227. The molecule has 0 radical (unpaired) electrons. The number of benzene rings is 1. The molecule has 0 aliphatic heterocycles. The van der Waals surface area contributed by atoms with Crippen LogP contribution in [0.4, 0.5) is 24.7 Å². The first kappa shape index (κ1) is 13.1. The van der Waals surface area contributed by atoms with Crippen molar-refractivity contribution >= 4 is 44.7 Å². The van der Waals surface area contributed by atoms with Crippen LogP contribution < -0.4 is 5.32 Å². The van der Waals surface area contributed by atoms with Gasteiger partial charge in [0.1, 0.15) is 10.6 Å². The van der Waals surface area contributed by atoms with E-state index in [-0.39, 0.29) is 16.8 Å². The second kappa shape index (κ2) is 4.92. The van der Waals surface area contributed by atoms with Crippen LogP contribution in [0, 0.1) is 17.5 Å². The number of fused-ring (bicyclic) bond motifs is 1. The summed E-state index contributed by atoms with van der Waals surface area (Å²) < 4.78 is 39.7. The van der Waals surface area contributed by atoms with Gasteiger partial charge in [-0.1, -0.05) is 0 Å². The van der Waals surface area contributed by atoms with Gasteiger partial charge in [-0.25, -0.2) is 18.2 Å². The maximum absolute atomic E-state index is 13.6. The van der Waals surface area contributed by atoms with Gasteiger partial charge in [0, 0.05) is 0 Å². The first-order chi connectivity index (χ1) is 9.56. The van der Waals surface area contributed by atoms with E-state index in [1.165, 1.54) is 11.3 Å². The summed E-state index contributed by atoms with van der Waals surface area (Å²) in [7, 11) is 0. The molecule has 0 atom stereocenters. The van der Waals surface area contributed by atoms with Gasteiger partial charge < -0.3 is 5.32 Å². The molecule has 1 aromatic carbocycles. The van der Waals surface area contributed by atoms with Crippen molar-refractivity contribution in [1.29, 1.82) is 0 Å². The molecule has 0 saturated heterocycles. The van der Waals surface area contributed by atoms with E-state index in [1.807, 2.05) is 0 Å². The molecule has 3 rings (SSSR count). The molecule has 3 aromatic rings. The fourth-order valence-corrected chi connectivity index (χ4v) is 2.66. The Bertz CT molecular complexity index is 806. The maximum atomic E-state index is 13.6. The number of halogens is 4. The van der Waals surface area contributed by atoms with Crippen molar-refractivity contribution in [3.8, 4) is 0 Å². The zero-order valence-electron chi connectivity index (χ0n) is 9.62. The summed E-state index contributed by atoms with van der Waals surface area (Å²) in [6.07, 6.45) is 0. The van der Waals surface area contributed by atoms with Crippen molar-refractivity contribution in [2.45, 2.75) is 0 Å². The van der Waals surface area contributed by atoms with Gasteiger partial charge >= 0.3 is 0 Å². The highest BCUT2D eigenvalue weighted by Gasteiger charge is 2.15. The second-order valence-corrected chi connectivity index (χ2v) is 5.06. The van der Waals surface area contributed by atoms with Crippen LogP contribution in [-0.2, 0) is 0 Å². The maximum Gasteiger partial charge on any atom is 0.225 e. The van der Waals surface area contributed by atoms with Crippen LogP contribution in [0.1, 0.15) is 0 Å². The van der Waals surface area contributed by atoms with E-state index in [2.05, 4.69) is 15.3 Å². The third-order valence-corrected chi connectivity index (χ3v) is 3.56. The second-order valence-electron chi connectivity index (χ2n) is 3.83. The van der Waals surface area contributed by atoms with Crippen LogP contribution in [0.3, 0.4) is 0 Å². The molecule has 3 nitrogen and oxygen atoms in total. The Morgan fingerprint density at radius 3 is 2.65 bits per heavy atom. The standard InChI is InChI=1S/C12H5ClF3N3S/c13-12-18-10(5-3-4-20-11(5)19-12)17-7-2-1-6(14)8(15)9(7)16/h1-4H,(H,17,18,19). The fourth-order valence-electron chi connectivity index (χ4n) is 1.67. The van der Waals surface area contributed by atoms with Crippen LogP contribution >= 0.6 is 22.9 Å². The lowest BCUT2D eigenvalue weighted by atomic mass is 10.2. The highest BCUT2D eigenvalue weighted by Crippen LogP contribution is 2.30. The Kier molecular flexibility index (Phi) is 3.23. The molecule has 20 heavy (non-hydrogen) atoms. The first-order valence-electron chi connectivity index (χ1n) is 5.37. The summed E-state index contributed by atoms with van der Waals surface area (Å²) >= 11 is 7.09. The van der Waals surface area contributed by atoms with Gasteiger partial charge in [-0.3, -0.25) is 0 Å². The van der Waals surface area contributed by atoms with E-state index >= 15 is 0 Å². The average Bonchev–Trinajstić information content (AvgIpc) is 2.87. The Labute approximate surface area is 120 Å². The zero-order chi connectivity index (χ0) is 14.3. The van der Waals surface area contributed by atoms with Crippen molar-refractivity contribution in [3.63, 3.8) is 0 Å². The van der Waals surface area contributed by atoms with Crippen molar-refractivity contribution in [1.82, 2.24) is 9.97 Å². The van der Waals surface area contributed by atoms with Gasteiger partial charge in [0.25, 0.3) is 0 Å². The lowest BCUT2D eigenvalue weighted by molar-refractivity contribution is 0.449. The predicted molar refractivity (Wildman–Crippen MR) is 72.0 cm³/mol. The molecule has 2 heterocycles. The molecule has 0 saturated carbocycles. The molecule has 0 unspecified atom stereocenters. The predicted octanol–water partition coefficient (Wildman–Crippen LogP) is 4.51. The van der Waals surface area contributed by atoms with Crippen LogP contribution in [-0.4, -0.2) is 9.97 Å². The normalized spacial score (nSPS) is 11.0. The minimum atomic E-state index is -1.54. The van der Waals surface area contributed by atoms with Gasteiger partial charge in [-0.05, 0) is 35.2 Å². The van der Waals surface area contributed by atoms with E-state index < -0.39 is 17.5 Å². The quantitative estimate of drug-likeness (QED) is 0.558. The van der Waals surface area contributed by atoms with Gasteiger partial charge in [-0.15, -0.1) is 11.3 Å². The van der Waals surface area contributed by atoms with Gasteiger partial charge in [0.05, 0.1) is 11.1 Å². The largest absolute Gasteiger partial charge is 0.337 e. The molecule has 0 aliphatic carbocycles. The zero-order valence-corrected chi connectivity index (χ0v) is 11.2. The number of nitrogens with zero attached hydrogens (tertiary/aromatic N) is 2. The highest BCUT2D eigenvalue weighted by atomic mass is 35.5. The van der Waals surface area contributed by atoms with E-state index in [9.17, 15) is 13.2 Å². The van der Waals surface area contributed by atoms with Crippen LogP contribution in [0.25, 0.3) is 10.2 Å². The number of nitrogens with one attached hydrogen (secondary N) is 1. The van der Waals surface area contributed by atoms with Crippen LogP contribution in [0.15, 0.2) is 23.6 Å². The van der Waals surface area contributed by atoms with E-state index in [0.717, 1.165) is 12.1 Å². The number of rotatable bonds is 2. The smallest absolute Gasteiger partial charge is 0.225 e. The third kappa shape index (κ3) is 2.19. The SMILES string of the molecule is Fc1ccc(Nc2nc(Cl)nc3sccc23)c(F)c1F. The molecular weight excluding hydrogens is 311 g/mol. The molecule has 1 N–H and O–H groups in total. The van der Waals surface area contributed by atoms with Gasteiger partial charge in [-0.2, -0.15) is 4.98 Å². The average molecular weight is 316 g/mol. The van der Waals surface area contributed by atoms with Crippen molar-refractivity contribution in [2.75, 3.05) is 5.32 Å². The highest BCUT2D eigenvalue weighted by molar-refractivity contribution is 7.16. The monoisotopic (exact) mass is 315 g/mol. The Morgan fingerprint density at radius 1 is 1.05 bits per heavy atom. The summed E-state index contributed by atoms with van der Waals surface area (Å²) in [5, 5.41) is 4.96. The van der Waals surface area contributed by atoms with Crippen LogP contribution in [0.5, 0.6) is 0 Å². The first-order valence-corrected chi connectivity index (χ1v) is 6.63. The van der Waals surface area contributed by atoms with E-state index in [0.29, 0.717) is 10.2 Å². The van der Waals surface area contributed by atoms with Crippen molar-refractivity contribution < 1.29 is 13.2 Å². The Hall–Kier alpha value is -1.86. The molecular formula is C12H5ClF3N3S. The number of aromatic nitrogens is 2. The summed E-state index contributed by atoms with van der Waals surface area (Å²) in [6, 6.07) is 3.63. The lowest BCUT2D eigenvalue weighted by Gasteiger charge is -2.08. The van der Waals surface area contributed by atoms with Gasteiger partial charge in [0.15, 0.2) is 17.5 Å². The molecule has 8 heteroatoms. The third-order valence-electron chi connectivity index (χ3n) is 2.59. The van der Waals surface area contributed by atoms with E-state index in [4.69, 9.17) is 11.6 Å². The molecule has 0 spiro atoms. The Balaban J connectivity index is 2.10. The molecule has 102 valence electrons. The van der Waals surface area contributed by atoms with Crippen molar-refractivity contribution in [2.24, 2.45) is 0 Å². The minimum Gasteiger partial charge on any atom is -0.337 e. The fraction of sp³-hybridized carbons (Fsp3) is 0. The molecule has 0 fully saturated rings. The van der Waals surface area contributed by atoms with Gasteiger partial charge in [0.2, 0.25) is 5.28 Å². The lowest BCUT2D eigenvalue weighted by Crippen LogP contribution is -2.01.